The predicted octanol–water partition coefficient (Wildman–Crippen LogP) is 4.10. The minimum Gasteiger partial charge on any atom is -0.508 e. The van der Waals surface area contributed by atoms with E-state index in [1.54, 1.807) is 0 Å². The highest BCUT2D eigenvalue weighted by molar-refractivity contribution is 7.93. The summed E-state index contributed by atoms with van der Waals surface area (Å²) in [7, 11) is -8.35. The third kappa shape index (κ3) is 4.92. The van der Waals surface area contributed by atoms with Gasteiger partial charge in [-0.3, -0.25) is 14.2 Å². The average molecular weight is 566 g/mol. The van der Waals surface area contributed by atoms with Crippen molar-refractivity contribution in [3.05, 3.63) is 112 Å². The molecule has 0 bridgehead atoms. The number of benzene rings is 4. The van der Waals surface area contributed by atoms with Crippen molar-refractivity contribution in [2.24, 2.45) is 5.18 Å². The molecule has 0 spiro atoms. The predicted molar refractivity (Wildman–Crippen MR) is 142 cm³/mol. The Bertz CT molecular complexity index is 1870. The lowest BCUT2D eigenvalue weighted by Gasteiger charge is -2.24. The lowest BCUT2D eigenvalue weighted by atomic mass is 9.82. The van der Waals surface area contributed by atoms with Crippen molar-refractivity contribution in [3.8, 4) is 11.5 Å². The molecule has 1 atom stereocenters. The summed E-state index contributed by atoms with van der Waals surface area (Å²) in [5.41, 5.74) is 0.305. The second-order valence-corrected chi connectivity index (χ2v) is 12.0. The molecule has 13 heteroatoms. The van der Waals surface area contributed by atoms with Crippen LogP contribution in [-0.4, -0.2) is 32.8 Å². The fraction of sp³-hybridized carbons (Fsp3) is 0.0385. The molecule has 198 valence electrons. The van der Waals surface area contributed by atoms with Gasteiger partial charge < -0.3 is 10.2 Å². The zero-order valence-corrected chi connectivity index (χ0v) is 21.4. The number of phenolic OH excluding ortho intramolecular Hbond substituents is 2. The van der Waals surface area contributed by atoms with Gasteiger partial charge in [-0.25, -0.2) is 16.8 Å². The summed E-state index contributed by atoms with van der Waals surface area (Å²) >= 11 is 0. The highest BCUT2D eigenvalue weighted by Gasteiger charge is 2.34. The van der Waals surface area contributed by atoms with Crippen LogP contribution in [-0.2, 0) is 20.0 Å². The summed E-state index contributed by atoms with van der Waals surface area (Å²) in [6.45, 7) is 0. The topological polar surface area (TPSA) is 179 Å². The zero-order chi connectivity index (χ0) is 27.9. The average Bonchev–Trinajstić information content (AvgIpc) is 2.88. The smallest absolute Gasteiger partial charge is 0.261 e. The fourth-order valence-electron chi connectivity index (χ4n) is 4.27. The Kier molecular flexibility index (Phi) is 6.32. The van der Waals surface area contributed by atoms with E-state index in [1.807, 2.05) is 0 Å². The van der Waals surface area contributed by atoms with Gasteiger partial charge in [0.25, 0.3) is 20.0 Å². The number of carbonyl (C=O) groups is 1. The van der Waals surface area contributed by atoms with E-state index in [-0.39, 0.29) is 54.9 Å². The van der Waals surface area contributed by atoms with Gasteiger partial charge >= 0.3 is 0 Å². The van der Waals surface area contributed by atoms with E-state index in [0.29, 0.717) is 0 Å². The SMILES string of the molecule is O=NC1c2ccc(S(=O)(=O)Nc3cccc(O)c3)cc2C(=O)c2ccc(S(=O)(=O)Nc3cccc(O)c3)cc21. The molecule has 4 aromatic carbocycles. The normalized spacial score (nSPS) is 14.7. The van der Waals surface area contributed by atoms with Crippen LogP contribution in [0.25, 0.3) is 0 Å². The van der Waals surface area contributed by atoms with Gasteiger partial charge in [0.05, 0.1) is 21.2 Å². The standard InChI is InChI=1S/C26H19N3O8S2/c30-17-5-1-3-15(11-17)28-38(34,35)19-8-10-22-23(13-19)25(27-33)21-9-7-20(14-24(21)26(22)32)39(36,37)29-16-4-2-6-18(31)12-16/h1-14,25,28-31H. The van der Waals surface area contributed by atoms with Crippen LogP contribution < -0.4 is 9.44 Å². The quantitative estimate of drug-likeness (QED) is 0.242. The maximum atomic E-state index is 13.4. The summed E-state index contributed by atoms with van der Waals surface area (Å²) in [5.74, 6) is -0.906. The van der Waals surface area contributed by atoms with Gasteiger partial charge in [0.1, 0.15) is 17.5 Å². The molecule has 5 rings (SSSR count). The fourth-order valence-corrected chi connectivity index (χ4v) is 6.43. The minimum absolute atomic E-state index is 0.00102. The Labute approximate surface area is 222 Å². The van der Waals surface area contributed by atoms with Gasteiger partial charge in [0.15, 0.2) is 5.78 Å². The molecule has 4 N–H and O–H groups in total. The van der Waals surface area contributed by atoms with Crippen molar-refractivity contribution in [1.82, 2.24) is 0 Å². The van der Waals surface area contributed by atoms with Gasteiger partial charge in [-0.2, -0.15) is 0 Å². The molecule has 0 radical (unpaired) electrons. The van der Waals surface area contributed by atoms with Crippen LogP contribution in [0.1, 0.15) is 33.1 Å². The van der Waals surface area contributed by atoms with Gasteiger partial charge in [0.2, 0.25) is 0 Å². The number of nitrogens with one attached hydrogen (secondary N) is 2. The van der Waals surface area contributed by atoms with E-state index in [9.17, 15) is 36.8 Å². The lowest BCUT2D eigenvalue weighted by Crippen LogP contribution is -2.21. The molecule has 0 saturated heterocycles. The first kappa shape index (κ1) is 25.9. The second-order valence-electron chi connectivity index (χ2n) is 8.65. The maximum absolute atomic E-state index is 13.4. The Morgan fingerprint density at radius 3 is 1.72 bits per heavy atom. The number of hydrogen-bond donors (Lipinski definition) is 4. The molecule has 0 saturated carbocycles. The molecule has 1 aliphatic carbocycles. The maximum Gasteiger partial charge on any atom is 0.261 e. The van der Waals surface area contributed by atoms with Crippen molar-refractivity contribution in [2.75, 3.05) is 9.44 Å². The molecular formula is C26H19N3O8S2. The first-order valence-electron chi connectivity index (χ1n) is 11.3. The number of hydrogen-bond acceptors (Lipinski definition) is 9. The number of nitroso groups, excluding NO2 is 1. The summed E-state index contributed by atoms with van der Waals surface area (Å²) in [6.07, 6.45) is 0. The summed E-state index contributed by atoms with van der Waals surface area (Å²) in [5, 5.41) is 22.3. The minimum atomic E-state index is -4.17. The van der Waals surface area contributed by atoms with E-state index in [2.05, 4.69) is 14.6 Å². The zero-order valence-electron chi connectivity index (χ0n) is 19.8. The van der Waals surface area contributed by atoms with E-state index < -0.39 is 31.9 Å². The highest BCUT2D eigenvalue weighted by Crippen LogP contribution is 2.39. The van der Waals surface area contributed by atoms with Crippen molar-refractivity contribution < 1.29 is 31.8 Å². The van der Waals surface area contributed by atoms with Crippen LogP contribution in [0.15, 0.2) is 99.9 Å². The van der Waals surface area contributed by atoms with Gasteiger partial charge in [-0.15, -0.1) is 4.91 Å². The van der Waals surface area contributed by atoms with Crippen LogP contribution in [0.3, 0.4) is 0 Å². The van der Waals surface area contributed by atoms with Crippen LogP contribution >= 0.6 is 0 Å². The molecule has 4 aromatic rings. The van der Waals surface area contributed by atoms with E-state index in [4.69, 9.17) is 0 Å². The van der Waals surface area contributed by atoms with Crippen molar-refractivity contribution in [2.45, 2.75) is 15.8 Å². The number of sulfonamides is 2. The molecule has 0 fully saturated rings. The molecule has 39 heavy (non-hydrogen) atoms. The Morgan fingerprint density at radius 1 is 0.641 bits per heavy atom. The van der Waals surface area contributed by atoms with Gasteiger partial charge in [-0.1, -0.05) is 23.4 Å². The second kappa shape index (κ2) is 9.53. The molecule has 0 heterocycles. The van der Waals surface area contributed by atoms with E-state index in [1.165, 1.54) is 78.9 Å². The molecule has 1 unspecified atom stereocenters. The number of rotatable bonds is 7. The molecule has 0 aromatic heterocycles. The highest BCUT2D eigenvalue weighted by atomic mass is 32.2. The largest absolute Gasteiger partial charge is 0.508 e. The Hall–Kier alpha value is -4.75. The molecule has 11 nitrogen and oxygen atoms in total. The number of anilines is 2. The van der Waals surface area contributed by atoms with Crippen LogP contribution in [0.2, 0.25) is 0 Å². The number of aromatic hydroxyl groups is 2. The first-order valence-corrected chi connectivity index (χ1v) is 14.2. The third-order valence-corrected chi connectivity index (χ3v) is 8.81. The van der Waals surface area contributed by atoms with Crippen LogP contribution in [0.4, 0.5) is 11.4 Å². The van der Waals surface area contributed by atoms with E-state index >= 15 is 0 Å². The first-order chi connectivity index (χ1) is 18.5. The number of phenols is 2. The summed E-state index contributed by atoms with van der Waals surface area (Å²) < 4.78 is 56.5. The van der Waals surface area contributed by atoms with Gasteiger partial charge in [0, 0.05) is 23.3 Å². The van der Waals surface area contributed by atoms with Crippen molar-refractivity contribution in [1.29, 1.82) is 0 Å². The molecule has 0 amide bonds. The monoisotopic (exact) mass is 565 g/mol. The van der Waals surface area contributed by atoms with Crippen molar-refractivity contribution >= 4 is 37.2 Å². The number of fused-ring (bicyclic) bond motifs is 2. The van der Waals surface area contributed by atoms with E-state index in [0.717, 1.165) is 6.07 Å². The number of nitrogens with zero attached hydrogens (tertiary/aromatic N) is 1. The van der Waals surface area contributed by atoms with Gasteiger partial charge in [-0.05, 0) is 65.7 Å². The molecule has 0 aliphatic heterocycles. The van der Waals surface area contributed by atoms with Crippen molar-refractivity contribution in [3.63, 3.8) is 0 Å². The third-order valence-electron chi connectivity index (χ3n) is 6.05. The lowest BCUT2D eigenvalue weighted by molar-refractivity contribution is 0.103. The Morgan fingerprint density at radius 2 is 1.18 bits per heavy atom. The van der Waals surface area contributed by atoms with Crippen LogP contribution in [0, 0.1) is 4.91 Å². The molecular weight excluding hydrogens is 546 g/mol. The summed E-state index contributed by atoms with van der Waals surface area (Å²) in [6, 6.07) is 16.9. The number of ketones is 1. The number of carbonyl (C=O) groups excluding carboxylic acids is 1. The summed E-state index contributed by atoms with van der Waals surface area (Å²) in [4.78, 5) is 24.8. The van der Waals surface area contributed by atoms with Crippen LogP contribution in [0.5, 0.6) is 11.5 Å². The Balaban J connectivity index is 1.51. The molecule has 1 aliphatic rings.